The van der Waals surface area contributed by atoms with Crippen LogP contribution in [0.2, 0.25) is 0 Å². The Bertz CT molecular complexity index is 980. The van der Waals surface area contributed by atoms with Gasteiger partial charge < -0.3 is 5.32 Å². The lowest BCUT2D eigenvalue weighted by Gasteiger charge is -2.04. The number of sulfonamides is 1. The lowest BCUT2D eigenvalue weighted by molar-refractivity contribution is 0.588. The highest BCUT2D eigenvalue weighted by atomic mass is 32.2. The lowest BCUT2D eigenvalue weighted by atomic mass is 10.1. The molecule has 0 saturated carbocycles. The Morgan fingerprint density at radius 1 is 1.12 bits per heavy atom. The van der Waals surface area contributed by atoms with E-state index in [-0.39, 0.29) is 0 Å². The molecule has 1 aromatic heterocycles. The summed E-state index contributed by atoms with van der Waals surface area (Å²) in [6.07, 6.45) is 1.82. The van der Waals surface area contributed by atoms with E-state index < -0.39 is 10.0 Å². The van der Waals surface area contributed by atoms with Gasteiger partial charge in [0, 0.05) is 23.2 Å². The summed E-state index contributed by atoms with van der Waals surface area (Å²) >= 11 is 1.57. The summed E-state index contributed by atoms with van der Waals surface area (Å²) in [5.74, 6) is 0. The standard InChI is InChI=1S/C19H21N3O2S2/c1-14-4-3-5-17(12-14)21-19-22-18(13-25-19)16-8-6-15(7-9-16)10-11-20-26(2,23)24/h3-9,12-13,20H,10-11H2,1-2H3,(H,21,22). The predicted octanol–water partition coefficient (Wildman–Crippen LogP) is 3.95. The molecule has 0 radical (unpaired) electrons. The van der Waals surface area contributed by atoms with Crippen LogP contribution < -0.4 is 10.0 Å². The molecule has 0 atom stereocenters. The minimum atomic E-state index is -3.14. The molecule has 0 amide bonds. The van der Waals surface area contributed by atoms with E-state index in [1.54, 1.807) is 11.3 Å². The lowest BCUT2D eigenvalue weighted by Crippen LogP contribution is -2.24. The van der Waals surface area contributed by atoms with Crippen molar-refractivity contribution in [2.24, 2.45) is 0 Å². The van der Waals surface area contributed by atoms with Gasteiger partial charge in [-0.05, 0) is 36.6 Å². The third kappa shape index (κ3) is 5.39. The molecule has 0 aliphatic heterocycles. The fraction of sp³-hybridized carbons (Fsp3) is 0.211. The van der Waals surface area contributed by atoms with E-state index in [0.717, 1.165) is 27.6 Å². The SMILES string of the molecule is Cc1cccc(Nc2nc(-c3ccc(CCNS(C)(=O)=O)cc3)cs2)c1. The molecule has 136 valence electrons. The molecule has 2 N–H and O–H groups in total. The Kier molecular flexibility index (Phi) is 5.70. The second-order valence-corrected chi connectivity index (χ2v) is 8.84. The third-order valence-electron chi connectivity index (χ3n) is 3.80. The number of thiazole rings is 1. The Morgan fingerprint density at radius 2 is 1.88 bits per heavy atom. The van der Waals surface area contributed by atoms with Gasteiger partial charge in [0.15, 0.2) is 5.13 Å². The number of nitrogens with zero attached hydrogens (tertiary/aromatic N) is 1. The molecule has 1 heterocycles. The minimum absolute atomic E-state index is 0.402. The van der Waals surface area contributed by atoms with Crippen LogP contribution in [0, 0.1) is 6.92 Å². The Morgan fingerprint density at radius 3 is 2.58 bits per heavy atom. The zero-order valence-electron chi connectivity index (χ0n) is 14.7. The number of rotatable bonds is 7. The third-order valence-corrected chi connectivity index (χ3v) is 5.29. The maximum atomic E-state index is 11.1. The summed E-state index contributed by atoms with van der Waals surface area (Å²) in [5.41, 5.74) is 5.27. The molecule has 7 heteroatoms. The van der Waals surface area contributed by atoms with Gasteiger partial charge in [-0.15, -0.1) is 11.3 Å². The first-order valence-corrected chi connectivity index (χ1v) is 11.0. The van der Waals surface area contributed by atoms with Crippen molar-refractivity contribution in [3.8, 4) is 11.3 Å². The van der Waals surface area contributed by atoms with Crippen LogP contribution in [0.3, 0.4) is 0 Å². The Balaban J connectivity index is 1.63. The number of benzene rings is 2. The van der Waals surface area contributed by atoms with Crippen molar-refractivity contribution in [2.45, 2.75) is 13.3 Å². The van der Waals surface area contributed by atoms with Crippen LogP contribution in [0.5, 0.6) is 0 Å². The summed E-state index contributed by atoms with van der Waals surface area (Å²) in [7, 11) is -3.14. The fourth-order valence-electron chi connectivity index (χ4n) is 2.53. The second-order valence-electron chi connectivity index (χ2n) is 6.15. The van der Waals surface area contributed by atoms with E-state index in [9.17, 15) is 8.42 Å². The quantitative estimate of drug-likeness (QED) is 0.644. The number of aryl methyl sites for hydroxylation is 1. The van der Waals surface area contributed by atoms with Gasteiger partial charge in [-0.2, -0.15) is 0 Å². The predicted molar refractivity (Wildman–Crippen MR) is 109 cm³/mol. The van der Waals surface area contributed by atoms with Gasteiger partial charge in [-0.3, -0.25) is 0 Å². The first-order chi connectivity index (χ1) is 12.4. The highest BCUT2D eigenvalue weighted by Crippen LogP contribution is 2.27. The zero-order valence-corrected chi connectivity index (χ0v) is 16.3. The molecular weight excluding hydrogens is 366 g/mol. The maximum absolute atomic E-state index is 11.1. The summed E-state index contributed by atoms with van der Waals surface area (Å²) in [6, 6.07) is 16.2. The van der Waals surface area contributed by atoms with Gasteiger partial charge in [0.05, 0.1) is 11.9 Å². The summed E-state index contributed by atoms with van der Waals surface area (Å²) < 4.78 is 24.7. The van der Waals surface area contributed by atoms with Crippen LogP contribution in [-0.4, -0.2) is 26.2 Å². The van der Waals surface area contributed by atoms with E-state index >= 15 is 0 Å². The summed E-state index contributed by atoms with van der Waals surface area (Å²) in [6.45, 7) is 2.46. The molecule has 5 nitrogen and oxygen atoms in total. The molecule has 26 heavy (non-hydrogen) atoms. The van der Waals surface area contributed by atoms with Crippen molar-refractivity contribution < 1.29 is 8.42 Å². The topological polar surface area (TPSA) is 71.1 Å². The molecule has 0 saturated heterocycles. The van der Waals surface area contributed by atoms with Crippen LogP contribution >= 0.6 is 11.3 Å². The van der Waals surface area contributed by atoms with Gasteiger partial charge in [0.1, 0.15) is 0 Å². The maximum Gasteiger partial charge on any atom is 0.208 e. The fourth-order valence-corrected chi connectivity index (χ4v) is 3.75. The summed E-state index contributed by atoms with van der Waals surface area (Å²) in [5, 5.41) is 6.21. The average molecular weight is 388 g/mol. The molecule has 0 bridgehead atoms. The van der Waals surface area contributed by atoms with E-state index in [1.165, 1.54) is 11.8 Å². The van der Waals surface area contributed by atoms with Crippen molar-refractivity contribution in [1.29, 1.82) is 0 Å². The van der Waals surface area contributed by atoms with E-state index in [4.69, 9.17) is 0 Å². The van der Waals surface area contributed by atoms with Crippen molar-refractivity contribution in [2.75, 3.05) is 18.1 Å². The van der Waals surface area contributed by atoms with Crippen molar-refractivity contribution in [3.63, 3.8) is 0 Å². The minimum Gasteiger partial charge on any atom is -0.332 e. The molecule has 0 spiro atoms. The van der Waals surface area contributed by atoms with Crippen molar-refractivity contribution >= 4 is 32.2 Å². The summed E-state index contributed by atoms with van der Waals surface area (Å²) in [4.78, 5) is 4.65. The first kappa shape index (κ1) is 18.6. The Labute approximate surface area is 158 Å². The van der Waals surface area contributed by atoms with Gasteiger partial charge >= 0.3 is 0 Å². The average Bonchev–Trinajstić information content (AvgIpc) is 3.03. The first-order valence-electron chi connectivity index (χ1n) is 8.22. The molecule has 0 unspecified atom stereocenters. The van der Waals surface area contributed by atoms with Crippen LogP contribution in [0.4, 0.5) is 10.8 Å². The van der Waals surface area contributed by atoms with Crippen LogP contribution in [-0.2, 0) is 16.4 Å². The molecule has 2 aromatic carbocycles. The van der Waals surface area contributed by atoms with Gasteiger partial charge in [0.25, 0.3) is 0 Å². The molecular formula is C19H21N3O2S2. The van der Waals surface area contributed by atoms with E-state index in [1.807, 2.05) is 41.8 Å². The molecule has 0 fully saturated rings. The monoisotopic (exact) mass is 387 g/mol. The van der Waals surface area contributed by atoms with Crippen LogP contribution in [0.1, 0.15) is 11.1 Å². The highest BCUT2D eigenvalue weighted by Gasteiger charge is 2.06. The van der Waals surface area contributed by atoms with Gasteiger partial charge in [-0.1, -0.05) is 36.4 Å². The normalized spacial score (nSPS) is 11.5. The zero-order chi connectivity index (χ0) is 18.6. The number of hydrogen-bond acceptors (Lipinski definition) is 5. The smallest absolute Gasteiger partial charge is 0.208 e. The van der Waals surface area contributed by atoms with Crippen LogP contribution in [0.15, 0.2) is 53.9 Å². The highest BCUT2D eigenvalue weighted by molar-refractivity contribution is 7.88. The number of nitrogens with one attached hydrogen (secondary N) is 2. The van der Waals surface area contributed by atoms with Gasteiger partial charge in [-0.25, -0.2) is 18.1 Å². The Hall–Kier alpha value is -2.22. The van der Waals surface area contributed by atoms with E-state index in [0.29, 0.717) is 13.0 Å². The number of anilines is 2. The molecule has 0 aliphatic carbocycles. The number of aromatic nitrogens is 1. The second kappa shape index (κ2) is 7.99. The van der Waals surface area contributed by atoms with E-state index in [2.05, 4.69) is 34.1 Å². The molecule has 3 rings (SSSR count). The number of hydrogen-bond donors (Lipinski definition) is 2. The largest absolute Gasteiger partial charge is 0.332 e. The van der Waals surface area contributed by atoms with Crippen molar-refractivity contribution in [3.05, 3.63) is 65.0 Å². The van der Waals surface area contributed by atoms with Crippen LogP contribution in [0.25, 0.3) is 11.3 Å². The van der Waals surface area contributed by atoms with Gasteiger partial charge in [0.2, 0.25) is 10.0 Å². The molecule has 3 aromatic rings. The molecule has 0 aliphatic rings. The van der Waals surface area contributed by atoms with Crippen molar-refractivity contribution in [1.82, 2.24) is 9.71 Å².